The fraction of sp³-hybridized carbons (Fsp3) is 0.500. The fourth-order valence-electron chi connectivity index (χ4n) is 0.897. The van der Waals surface area contributed by atoms with E-state index in [2.05, 4.69) is 9.69 Å². The molecule has 1 rings (SSSR count). The highest BCUT2D eigenvalue weighted by molar-refractivity contribution is 8.01. The molecule has 15 heavy (non-hydrogen) atoms. The average Bonchev–Trinajstić information content (AvgIpc) is 2.51. The van der Waals surface area contributed by atoms with E-state index in [4.69, 9.17) is 4.74 Å². The van der Waals surface area contributed by atoms with Crippen LogP contribution in [0.4, 0.5) is 10.5 Å². The fourth-order valence-corrected chi connectivity index (χ4v) is 2.69. The second kappa shape index (κ2) is 5.82. The molecule has 0 saturated carbocycles. The normalized spacial score (nSPS) is 10.0. The van der Waals surface area contributed by atoms with Gasteiger partial charge in [-0.25, -0.2) is 4.79 Å². The Bertz CT molecular complexity index is 385. The van der Waals surface area contributed by atoms with Gasteiger partial charge in [0.1, 0.15) is 9.90 Å². The van der Waals surface area contributed by atoms with Crippen molar-refractivity contribution in [2.45, 2.75) is 18.1 Å². The van der Waals surface area contributed by atoms with Gasteiger partial charge in [0.2, 0.25) is 0 Å². The molecule has 0 radical (unpaired) electrons. The van der Waals surface area contributed by atoms with Crippen molar-refractivity contribution in [1.82, 2.24) is 4.37 Å². The standard InChI is InChI=1S/C8H12N2O3S2/c1-3-13-8(12)9-5-6(11)10-15-7(5)14-4-2/h3-4H2,1-2H3,(H,9,12)(H,10,11). The van der Waals surface area contributed by atoms with E-state index >= 15 is 0 Å². The molecule has 0 atom stereocenters. The number of nitrogens with one attached hydrogen (secondary N) is 2. The largest absolute Gasteiger partial charge is 0.450 e. The third-order valence-corrected chi connectivity index (χ3v) is 3.48. The van der Waals surface area contributed by atoms with Crippen molar-refractivity contribution < 1.29 is 9.53 Å². The van der Waals surface area contributed by atoms with E-state index in [-0.39, 0.29) is 17.9 Å². The molecule has 0 bridgehead atoms. The number of aromatic amines is 1. The molecular formula is C8H12N2O3S2. The molecule has 0 aliphatic rings. The quantitative estimate of drug-likeness (QED) is 0.801. The molecule has 0 aliphatic carbocycles. The summed E-state index contributed by atoms with van der Waals surface area (Å²) in [7, 11) is 0. The van der Waals surface area contributed by atoms with E-state index < -0.39 is 6.09 Å². The van der Waals surface area contributed by atoms with Crippen LogP contribution < -0.4 is 10.9 Å². The molecule has 0 saturated heterocycles. The SMILES string of the molecule is CCOC(=O)Nc1c(SCC)s[nH]c1=O. The van der Waals surface area contributed by atoms with Crippen LogP contribution in [0.2, 0.25) is 0 Å². The van der Waals surface area contributed by atoms with Crippen LogP contribution in [0.25, 0.3) is 0 Å². The van der Waals surface area contributed by atoms with Crippen molar-refractivity contribution in [2.75, 3.05) is 17.7 Å². The van der Waals surface area contributed by atoms with E-state index in [1.165, 1.54) is 23.3 Å². The van der Waals surface area contributed by atoms with Gasteiger partial charge in [-0.2, -0.15) is 0 Å². The smallest absolute Gasteiger partial charge is 0.411 e. The van der Waals surface area contributed by atoms with E-state index in [0.717, 1.165) is 9.96 Å². The maximum atomic E-state index is 11.3. The minimum Gasteiger partial charge on any atom is -0.450 e. The molecule has 0 spiro atoms. The number of anilines is 1. The molecule has 5 nitrogen and oxygen atoms in total. The topological polar surface area (TPSA) is 71.2 Å². The zero-order chi connectivity index (χ0) is 11.3. The molecule has 0 unspecified atom stereocenters. The van der Waals surface area contributed by atoms with Gasteiger partial charge in [-0.05, 0) is 12.7 Å². The molecular weight excluding hydrogens is 236 g/mol. The monoisotopic (exact) mass is 248 g/mol. The van der Waals surface area contributed by atoms with Crippen LogP contribution in [0.1, 0.15) is 13.8 Å². The second-order valence-electron chi connectivity index (χ2n) is 2.47. The third-order valence-electron chi connectivity index (χ3n) is 1.45. The summed E-state index contributed by atoms with van der Waals surface area (Å²) in [5.74, 6) is 0.839. The molecule has 84 valence electrons. The summed E-state index contributed by atoms with van der Waals surface area (Å²) >= 11 is 2.72. The van der Waals surface area contributed by atoms with Crippen molar-refractivity contribution in [3.8, 4) is 0 Å². The number of amides is 1. The summed E-state index contributed by atoms with van der Waals surface area (Å²) in [5, 5.41) is 2.43. The number of aromatic nitrogens is 1. The molecule has 1 aromatic rings. The van der Waals surface area contributed by atoms with Crippen LogP contribution in [0, 0.1) is 0 Å². The average molecular weight is 248 g/mol. The van der Waals surface area contributed by atoms with Crippen LogP contribution in [0.5, 0.6) is 0 Å². The highest BCUT2D eigenvalue weighted by atomic mass is 32.2. The Morgan fingerprint density at radius 3 is 2.93 bits per heavy atom. The van der Waals surface area contributed by atoms with Gasteiger partial charge in [-0.15, -0.1) is 11.8 Å². The predicted octanol–water partition coefficient (Wildman–Crippen LogP) is 2.12. The number of rotatable bonds is 4. The van der Waals surface area contributed by atoms with Crippen LogP contribution in [-0.4, -0.2) is 22.8 Å². The number of carbonyl (C=O) groups excluding carboxylic acids is 1. The summed E-state index contributed by atoms with van der Waals surface area (Å²) in [6, 6.07) is 0. The van der Waals surface area contributed by atoms with Gasteiger partial charge < -0.3 is 4.74 Å². The van der Waals surface area contributed by atoms with Crippen molar-refractivity contribution in [3.05, 3.63) is 10.4 Å². The van der Waals surface area contributed by atoms with Gasteiger partial charge in [-0.3, -0.25) is 14.5 Å². The highest BCUT2D eigenvalue weighted by Crippen LogP contribution is 2.27. The number of H-pyrrole nitrogens is 1. The molecule has 1 heterocycles. The molecule has 1 amide bonds. The number of ether oxygens (including phenoxy) is 1. The first-order valence-corrected chi connectivity index (χ1v) is 6.27. The Balaban J connectivity index is 2.78. The number of carbonyl (C=O) groups is 1. The molecule has 0 fully saturated rings. The lowest BCUT2D eigenvalue weighted by Crippen LogP contribution is -2.18. The first-order valence-electron chi connectivity index (χ1n) is 4.47. The Labute approximate surface area is 95.4 Å². The lowest BCUT2D eigenvalue weighted by Gasteiger charge is -2.03. The molecule has 1 aromatic heterocycles. The Kier molecular flexibility index (Phi) is 4.70. The van der Waals surface area contributed by atoms with Gasteiger partial charge in [0, 0.05) is 0 Å². The zero-order valence-electron chi connectivity index (χ0n) is 8.46. The molecule has 7 heteroatoms. The Hall–Kier alpha value is -0.950. The summed E-state index contributed by atoms with van der Waals surface area (Å²) < 4.78 is 8.03. The van der Waals surface area contributed by atoms with Crippen LogP contribution in [-0.2, 0) is 4.74 Å². The zero-order valence-corrected chi connectivity index (χ0v) is 10.1. The highest BCUT2D eigenvalue weighted by Gasteiger charge is 2.13. The predicted molar refractivity (Wildman–Crippen MR) is 62.0 cm³/mol. The minimum absolute atomic E-state index is 0.282. The lowest BCUT2D eigenvalue weighted by atomic mass is 10.6. The lowest BCUT2D eigenvalue weighted by molar-refractivity contribution is 0.168. The Morgan fingerprint density at radius 2 is 2.33 bits per heavy atom. The summed E-state index contributed by atoms with van der Waals surface area (Å²) in [6.07, 6.45) is -0.598. The van der Waals surface area contributed by atoms with Crippen molar-refractivity contribution in [3.63, 3.8) is 0 Å². The van der Waals surface area contributed by atoms with E-state index in [1.54, 1.807) is 6.92 Å². The van der Waals surface area contributed by atoms with E-state index in [1.807, 2.05) is 6.92 Å². The van der Waals surface area contributed by atoms with Gasteiger partial charge in [-0.1, -0.05) is 18.5 Å². The maximum Gasteiger partial charge on any atom is 0.411 e. The second-order valence-corrected chi connectivity index (χ2v) is 4.82. The van der Waals surface area contributed by atoms with Gasteiger partial charge in [0.25, 0.3) is 5.56 Å². The molecule has 0 aliphatic heterocycles. The van der Waals surface area contributed by atoms with E-state index in [9.17, 15) is 9.59 Å². The first kappa shape index (κ1) is 12.1. The Morgan fingerprint density at radius 1 is 1.60 bits per heavy atom. The van der Waals surface area contributed by atoms with Crippen LogP contribution >= 0.6 is 23.3 Å². The summed E-state index contributed by atoms with van der Waals surface area (Å²) in [5.41, 5.74) is -0.00527. The molecule has 2 N–H and O–H groups in total. The number of thioether (sulfide) groups is 1. The van der Waals surface area contributed by atoms with E-state index in [0.29, 0.717) is 0 Å². The van der Waals surface area contributed by atoms with Crippen molar-refractivity contribution in [2.24, 2.45) is 0 Å². The minimum atomic E-state index is -0.598. The van der Waals surface area contributed by atoms with Crippen LogP contribution in [0.15, 0.2) is 9.00 Å². The van der Waals surface area contributed by atoms with Crippen molar-refractivity contribution in [1.29, 1.82) is 0 Å². The summed E-state index contributed by atoms with van der Waals surface area (Å²) in [4.78, 5) is 22.5. The summed E-state index contributed by atoms with van der Waals surface area (Å²) in [6.45, 7) is 3.96. The number of hydrogen-bond acceptors (Lipinski definition) is 5. The maximum absolute atomic E-state index is 11.3. The third kappa shape index (κ3) is 3.28. The number of hydrogen-bond donors (Lipinski definition) is 2. The molecule has 0 aromatic carbocycles. The van der Waals surface area contributed by atoms with Gasteiger partial charge in [0.05, 0.1) is 6.61 Å². The van der Waals surface area contributed by atoms with Crippen LogP contribution in [0.3, 0.4) is 0 Å². The van der Waals surface area contributed by atoms with Gasteiger partial charge in [0.15, 0.2) is 0 Å². The van der Waals surface area contributed by atoms with Crippen molar-refractivity contribution >= 4 is 35.1 Å². The van der Waals surface area contributed by atoms with Gasteiger partial charge >= 0.3 is 6.09 Å². The first-order chi connectivity index (χ1) is 7.19.